The van der Waals surface area contributed by atoms with Crippen LogP contribution < -0.4 is 5.73 Å². The fourth-order valence-electron chi connectivity index (χ4n) is 3.56. The van der Waals surface area contributed by atoms with Crippen LogP contribution in [-0.2, 0) is 13.1 Å². The van der Waals surface area contributed by atoms with Crippen LogP contribution in [0, 0.1) is 0 Å². The molecule has 0 bridgehead atoms. The van der Waals surface area contributed by atoms with Crippen LogP contribution in [0.1, 0.15) is 24.0 Å². The molecule has 0 spiro atoms. The molecule has 0 aliphatic carbocycles. The van der Waals surface area contributed by atoms with Gasteiger partial charge in [0.25, 0.3) is 0 Å². The van der Waals surface area contributed by atoms with E-state index in [-0.39, 0.29) is 5.54 Å². The van der Waals surface area contributed by atoms with Crippen molar-refractivity contribution < 1.29 is 0 Å². The van der Waals surface area contributed by atoms with Crippen molar-refractivity contribution in [2.24, 2.45) is 5.73 Å². The molecule has 1 saturated heterocycles. The summed E-state index contributed by atoms with van der Waals surface area (Å²) >= 11 is 0. The van der Waals surface area contributed by atoms with E-state index in [0.717, 1.165) is 26.2 Å². The predicted molar refractivity (Wildman–Crippen MR) is 74.2 cm³/mol. The second-order valence-corrected chi connectivity index (χ2v) is 5.89. The Balaban J connectivity index is 1.83. The molecule has 18 heavy (non-hydrogen) atoms. The fraction of sp³-hybridized carbons (Fsp3) is 0.600. The summed E-state index contributed by atoms with van der Waals surface area (Å²) in [6.07, 6.45) is 2.50. The van der Waals surface area contributed by atoms with Crippen LogP contribution in [0.4, 0.5) is 0 Å². The molecule has 3 heteroatoms. The van der Waals surface area contributed by atoms with E-state index < -0.39 is 0 Å². The van der Waals surface area contributed by atoms with Crippen molar-refractivity contribution in [1.29, 1.82) is 0 Å². The van der Waals surface area contributed by atoms with Gasteiger partial charge in [-0.3, -0.25) is 4.90 Å². The third-order valence-corrected chi connectivity index (χ3v) is 4.64. The van der Waals surface area contributed by atoms with Crippen molar-refractivity contribution >= 4 is 0 Å². The lowest BCUT2D eigenvalue weighted by molar-refractivity contribution is 0.0226. The molecule has 1 aromatic carbocycles. The van der Waals surface area contributed by atoms with Gasteiger partial charge in [0.05, 0.1) is 0 Å². The molecule has 2 aliphatic heterocycles. The van der Waals surface area contributed by atoms with E-state index >= 15 is 0 Å². The smallest absolute Gasteiger partial charge is 0.0465 e. The van der Waals surface area contributed by atoms with Crippen LogP contribution in [0.15, 0.2) is 24.3 Å². The molecule has 0 saturated carbocycles. The predicted octanol–water partition coefficient (Wildman–Crippen LogP) is 1.43. The van der Waals surface area contributed by atoms with Crippen LogP contribution in [0.5, 0.6) is 0 Å². The summed E-state index contributed by atoms with van der Waals surface area (Å²) in [5.41, 5.74) is 9.30. The summed E-state index contributed by atoms with van der Waals surface area (Å²) < 4.78 is 0. The van der Waals surface area contributed by atoms with Crippen LogP contribution in [0.25, 0.3) is 0 Å². The molecule has 1 fully saturated rings. The Morgan fingerprint density at radius 1 is 1.22 bits per heavy atom. The van der Waals surface area contributed by atoms with Crippen molar-refractivity contribution in [1.82, 2.24) is 9.80 Å². The first-order valence-corrected chi connectivity index (χ1v) is 6.94. The monoisotopic (exact) mass is 245 g/mol. The number of fused-ring (bicyclic) bond motifs is 1. The van der Waals surface area contributed by atoms with Gasteiger partial charge in [0, 0.05) is 31.7 Å². The lowest BCUT2D eigenvalue weighted by Gasteiger charge is -2.47. The molecule has 3 rings (SSSR count). The average Bonchev–Trinajstić information content (AvgIpc) is 2.83. The van der Waals surface area contributed by atoms with Crippen LogP contribution in [-0.4, -0.2) is 42.0 Å². The third kappa shape index (κ3) is 1.96. The highest BCUT2D eigenvalue weighted by atomic mass is 15.3. The van der Waals surface area contributed by atoms with E-state index in [1.165, 1.54) is 30.5 Å². The quantitative estimate of drug-likeness (QED) is 0.855. The zero-order valence-corrected chi connectivity index (χ0v) is 11.2. The SMILES string of the molecule is CN1CCCC(CN)(N2Cc3ccccc3C2)C1. The zero-order chi connectivity index (χ0) is 12.6. The average molecular weight is 245 g/mol. The topological polar surface area (TPSA) is 32.5 Å². The Hall–Kier alpha value is -0.900. The normalized spacial score (nSPS) is 29.4. The number of hydrogen-bond donors (Lipinski definition) is 1. The molecule has 1 unspecified atom stereocenters. The molecule has 0 amide bonds. The third-order valence-electron chi connectivity index (χ3n) is 4.64. The summed E-state index contributed by atoms with van der Waals surface area (Å²) in [5, 5.41) is 0. The van der Waals surface area contributed by atoms with Gasteiger partial charge in [-0.2, -0.15) is 0 Å². The molecule has 1 aromatic rings. The number of rotatable bonds is 2. The van der Waals surface area contributed by atoms with E-state index in [0.29, 0.717) is 0 Å². The molecule has 1 atom stereocenters. The maximum absolute atomic E-state index is 6.15. The Morgan fingerprint density at radius 3 is 2.44 bits per heavy atom. The maximum atomic E-state index is 6.15. The minimum Gasteiger partial charge on any atom is -0.329 e. The van der Waals surface area contributed by atoms with Gasteiger partial charge in [-0.15, -0.1) is 0 Å². The van der Waals surface area contributed by atoms with E-state index in [1.54, 1.807) is 0 Å². The second-order valence-electron chi connectivity index (χ2n) is 5.89. The molecule has 0 radical (unpaired) electrons. The van der Waals surface area contributed by atoms with E-state index in [1.807, 2.05) is 0 Å². The number of piperidine rings is 1. The molecule has 3 nitrogen and oxygen atoms in total. The first-order valence-electron chi connectivity index (χ1n) is 6.94. The maximum Gasteiger partial charge on any atom is 0.0465 e. The molecule has 2 aliphatic rings. The lowest BCUT2D eigenvalue weighted by Crippen LogP contribution is -2.60. The zero-order valence-electron chi connectivity index (χ0n) is 11.2. The van der Waals surface area contributed by atoms with E-state index in [9.17, 15) is 0 Å². The number of nitrogens with zero attached hydrogens (tertiary/aromatic N) is 2. The minimum atomic E-state index is 0.187. The highest BCUT2D eigenvalue weighted by molar-refractivity contribution is 5.31. The van der Waals surface area contributed by atoms with Gasteiger partial charge in [0.1, 0.15) is 0 Å². The summed E-state index contributed by atoms with van der Waals surface area (Å²) in [7, 11) is 2.22. The number of hydrogen-bond acceptors (Lipinski definition) is 3. The largest absolute Gasteiger partial charge is 0.329 e. The van der Waals surface area contributed by atoms with Crippen LogP contribution in [0.2, 0.25) is 0 Å². The van der Waals surface area contributed by atoms with Gasteiger partial charge in [-0.05, 0) is 37.6 Å². The fourth-order valence-corrected chi connectivity index (χ4v) is 3.56. The van der Waals surface area contributed by atoms with Crippen molar-refractivity contribution in [3.8, 4) is 0 Å². The van der Waals surface area contributed by atoms with E-state index in [4.69, 9.17) is 5.73 Å². The van der Waals surface area contributed by atoms with Gasteiger partial charge in [-0.1, -0.05) is 24.3 Å². The van der Waals surface area contributed by atoms with Gasteiger partial charge in [0.2, 0.25) is 0 Å². The van der Waals surface area contributed by atoms with Crippen LogP contribution >= 0.6 is 0 Å². The highest BCUT2D eigenvalue weighted by Crippen LogP contribution is 2.34. The second kappa shape index (κ2) is 4.65. The molecular formula is C15H23N3. The molecule has 0 aromatic heterocycles. The van der Waals surface area contributed by atoms with Crippen molar-refractivity contribution in [2.75, 3.05) is 26.7 Å². The standard InChI is InChI=1S/C15H23N3/c1-17-8-4-7-15(11-16,12-17)18-9-13-5-2-3-6-14(13)10-18/h2-3,5-6H,4,7-12,16H2,1H3. The molecule has 2 heterocycles. The summed E-state index contributed by atoms with van der Waals surface area (Å²) in [5.74, 6) is 0. The number of likely N-dealkylation sites (tertiary alicyclic amines) is 1. The van der Waals surface area contributed by atoms with Crippen molar-refractivity contribution in [3.63, 3.8) is 0 Å². The summed E-state index contributed by atoms with van der Waals surface area (Å²) in [4.78, 5) is 5.03. The minimum absolute atomic E-state index is 0.187. The van der Waals surface area contributed by atoms with Crippen LogP contribution in [0.3, 0.4) is 0 Å². The van der Waals surface area contributed by atoms with Gasteiger partial charge in [-0.25, -0.2) is 0 Å². The van der Waals surface area contributed by atoms with E-state index in [2.05, 4.69) is 41.1 Å². The van der Waals surface area contributed by atoms with Crippen molar-refractivity contribution in [2.45, 2.75) is 31.5 Å². The Kier molecular flexibility index (Phi) is 3.14. The number of nitrogens with two attached hydrogens (primary N) is 1. The first-order chi connectivity index (χ1) is 8.73. The number of likely N-dealkylation sites (N-methyl/N-ethyl adjacent to an activating group) is 1. The molecular weight excluding hydrogens is 222 g/mol. The molecule has 2 N–H and O–H groups in total. The Bertz CT molecular complexity index is 407. The van der Waals surface area contributed by atoms with Crippen molar-refractivity contribution in [3.05, 3.63) is 35.4 Å². The first kappa shape index (κ1) is 12.2. The Morgan fingerprint density at radius 2 is 1.89 bits per heavy atom. The van der Waals surface area contributed by atoms with Gasteiger partial charge in [0.15, 0.2) is 0 Å². The lowest BCUT2D eigenvalue weighted by atomic mass is 9.87. The molecule has 98 valence electrons. The summed E-state index contributed by atoms with van der Waals surface area (Å²) in [6.45, 7) is 5.23. The number of benzene rings is 1. The Labute approximate surface area is 110 Å². The van der Waals surface area contributed by atoms with Gasteiger partial charge >= 0.3 is 0 Å². The highest BCUT2D eigenvalue weighted by Gasteiger charge is 2.40. The summed E-state index contributed by atoms with van der Waals surface area (Å²) in [6, 6.07) is 8.80. The van der Waals surface area contributed by atoms with Gasteiger partial charge < -0.3 is 10.6 Å².